The highest BCUT2D eigenvalue weighted by molar-refractivity contribution is 6.30. The fraction of sp³-hybridized carbons (Fsp3) is 0.0833. The van der Waals surface area contributed by atoms with Crippen LogP contribution in [0.2, 0.25) is 5.02 Å². The van der Waals surface area contributed by atoms with Crippen molar-refractivity contribution >= 4 is 33.4 Å². The Bertz CT molecular complexity index is 1380. The third-order valence-corrected chi connectivity index (χ3v) is 5.39. The normalized spacial score (nSPS) is 11.2. The molecule has 0 aliphatic carbocycles. The zero-order chi connectivity index (χ0) is 20.7. The van der Waals surface area contributed by atoms with Gasteiger partial charge in [-0.2, -0.15) is 5.10 Å². The molecule has 0 unspecified atom stereocenters. The van der Waals surface area contributed by atoms with E-state index in [2.05, 4.69) is 11.1 Å². The third-order valence-electron chi connectivity index (χ3n) is 5.14. The molecule has 0 aliphatic rings. The molecule has 0 spiro atoms. The predicted molar refractivity (Wildman–Crippen MR) is 120 cm³/mol. The molecule has 0 saturated carbocycles. The lowest BCUT2D eigenvalue weighted by Gasteiger charge is -2.08. The van der Waals surface area contributed by atoms with Crippen molar-refractivity contribution in [3.63, 3.8) is 0 Å². The maximum Gasteiger partial charge on any atom is 0.161 e. The number of nitrogens with zero attached hydrogens (tertiary/aromatic N) is 3. The molecule has 5 nitrogen and oxygen atoms in total. The molecule has 0 saturated heterocycles. The standard InChI is InChI=1S/C24H18ClN3O2/c1-29-21-12-7-15(13-22(21)30-2)23-19-14-26-20-6-4-3-5-18(20)24(19)28(27-23)17-10-8-16(25)9-11-17/h3-14H,1-2H3. The first-order valence-corrected chi connectivity index (χ1v) is 9.82. The highest BCUT2D eigenvalue weighted by Gasteiger charge is 2.18. The Hall–Kier alpha value is -3.57. The average Bonchev–Trinajstić information content (AvgIpc) is 3.19. The zero-order valence-electron chi connectivity index (χ0n) is 16.5. The van der Waals surface area contributed by atoms with Crippen LogP contribution in [0, 0.1) is 0 Å². The second kappa shape index (κ2) is 7.35. The Kier molecular flexibility index (Phi) is 4.52. The number of pyridine rings is 1. The van der Waals surface area contributed by atoms with E-state index in [0.717, 1.165) is 38.8 Å². The van der Waals surface area contributed by atoms with Crippen molar-refractivity contribution in [2.75, 3.05) is 14.2 Å². The molecule has 0 fully saturated rings. The zero-order valence-corrected chi connectivity index (χ0v) is 17.2. The molecular formula is C24H18ClN3O2. The summed E-state index contributed by atoms with van der Waals surface area (Å²) in [7, 11) is 3.25. The van der Waals surface area contributed by atoms with Gasteiger partial charge in [0.2, 0.25) is 0 Å². The second-order valence-electron chi connectivity index (χ2n) is 6.84. The van der Waals surface area contributed by atoms with Crippen molar-refractivity contribution in [1.29, 1.82) is 0 Å². The molecule has 0 radical (unpaired) electrons. The summed E-state index contributed by atoms with van der Waals surface area (Å²) in [6, 6.07) is 21.5. The van der Waals surface area contributed by atoms with E-state index in [9.17, 15) is 0 Å². The van der Waals surface area contributed by atoms with E-state index < -0.39 is 0 Å². The van der Waals surface area contributed by atoms with E-state index in [4.69, 9.17) is 26.2 Å². The van der Waals surface area contributed by atoms with Gasteiger partial charge in [0.05, 0.1) is 30.9 Å². The first kappa shape index (κ1) is 18.5. The summed E-state index contributed by atoms with van der Waals surface area (Å²) in [5.74, 6) is 1.32. The minimum atomic E-state index is 0.651. The monoisotopic (exact) mass is 415 g/mol. The summed E-state index contributed by atoms with van der Waals surface area (Å²) in [6.07, 6.45) is 1.88. The van der Waals surface area contributed by atoms with Gasteiger partial charge in [0.1, 0.15) is 5.69 Å². The topological polar surface area (TPSA) is 49.2 Å². The lowest BCUT2D eigenvalue weighted by molar-refractivity contribution is 0.355. The molecule has 0 N–H and O–H groups in total. The largest absolute Gasteiger partial charge is 0.493 e. The number of benzene rings is 3. The lowest BCUT2D eigenvalue weighted by Crippen LogP contribution is -1.97. The van der Waals surface area contributed by atoms with Crippen LogP contribution in [0.5, 0.6) is 11.5 Å². The van der Waals surface area contributed by atoms with Gasteiger partial charge >= 0.3 is 0 Å². The summed E-state index contributed by atoms with van der Waals surface area (Å²) in [6.45, 7) is 0. The number of methoxy groups -OCH3 is 2. The van der Waals surface area contributed by atoms with Crippen molar-refractivity contribution in [2.24, 2.45) is 0 Å². The molecule has 5 aromatic rings. The maximum atomic E-state index is 6.11. The fourth-order valence-electron chi connectivity index (χ4n) is 3.70. The summed E-state index contributed by atoms with van der Waals surface area (Å²) in [5, 5.41) is 7.65. The highest BCUT2D eigenvalue weighted by Crippen LogP contribution is 2.37. The van der Waals surface area contributed by atoms with Gasteiger partial charge in [-0.05, 0) is 48.5 Å². The van der Waals surface area contributed by atoms with Gasteiger partial charge in [-0.3, -0.25) is 4.98 Å². The van der Waals surface area contributed by atoms with Gasteiger partial charge < -0.3 is 9.47 Å². The number of halogens is 1. The van der Waals surface area contributed by atoms with Crippen molar-refractivity contribution in [3.8, 4) is 28.4 Å². The fourth-order valence-corrected chi connectivity index (χ4v) is 3.82. The Labute approximate surface area is 178 Å². The van der Waals surface area contributed by atoms with Crippen molar-refractivity contribution in [3.05, 3.63) is 77.9 Å². The molecule has 0 atom stereocenters. The van der Waals surface area contributed by atoms with E-state index >= 15 is 0 Å². The summed E-state index contributed by atoms with van der Waals surface area (Å²) in [4.78, 5) is 4.66. The first-order valence-electron chi connectivity index (χ1n) is 9.44. The minimum Gasteiger partial charge on any atom is -0.493 e. The molecule has 5 rings (SSSR count). The van der Waals surface area contributed by atoms with Crippen molar-refractivity contribution < 1.29 is 9.47 Å². The number of para-hydroxylation sites is 1. The highest BCUT2D eigenvalue weighted by atomic mass is 35.5. The number of ether oxygens (including phenoxy) is 2. The molecule has 3 aromatic carbocycles. The Morgan fingerprint density at radius 2 is 1.60 bits per heavy atom. The van der Waals surface area contributed by atoms with Crippen LogP contribution in [-0.4, -0.2) is 29.0 Å². The van der Waals surface area contributed by atoms with Gasteiger partial charge in [-0.1, -0.05) is 29.8 Å². The minimum absolute atomic E-state index is 0.651. The van der Waals surface area contributed by atoms with Crippen LogP contribution < -0.4 is 9.47 Å². The van der Waals surface area contributed by atoms with Gasteiger partial charge in [0.15, 0.2) is 11.5 Å². The quantitative estimate of drug-likeness (QED) is 0.366. The number of aromatic nitrogens is 3. The molecule has 2 aromatic heterocycles. The van der Waals surface area contributed by atoms with Crippen LogP contribution in [0.1, 0.15) is 0 Å². The Balaban J connectivity index is 1.84. The van der Waals surface area contributed by atoms with Crippen LogP contribution in [0.3, 0.4) is 0 Å². The summed E-state index contributed by atoms with van der Waals surface area (Å²) in [5.41, 5.74) is 4.57. The van der Waals surface area contributed by atoms with Crippen LogP contribution >= 0.6 is 11.6 Å². The average molecular weight is 416 g/mol. The van der Waals surface area contributed by atoms with Gasteiger partial charge in [0, 0.05) is 27.6 Å². The van der Waals surface area contributed by atoms with Crippen LogP contribution in [0.25, 0.3) is 38.8 Å². The molecule has 0 bridgehead atoms. The maximum absolute atomic E-state index is 6.11. The molecular weight excluding hydrogens is 398 g/mol. The summed E-state index contributed by atoms with van der Waals surface area (Å²) < 4.78 is 12.8. The van der Waals surface area contributed by atoms with Crippen molar-refractivity contribution in [2.45, 2.75) is 0 Å². The Morgan fingerprint density at radius 1 is 0.833 bits per heavy atom. The molecule has 6 heteroatoms. The molecule has 2 heterocycles. The third kappa shape index (κ3) is 2.95. The number of rotatable bonds is 4. The van der Waals surface area contributed by atoms with Gasteiger partial charge in [-0.15, -0.1) is 0 Å². The number of hydrogen-bond donors (Lipinski definition) is 0. The van der Waals surface area contributed by atoms with Crippen LogP contribution in [-0.2, 0) is 0 Å². The Morgan fingerprint density at radius 3 is 2.37 bits per heavy atom. The number of hydrogen-bond acceptors (Lipinski definition) is 4. The summed E-state index contributed by atoms with van der Waals surface area (Å²) >= 11 is 6.11. The van der Waals surface area contributed by atoms with Crippen molar-refractivity contribution in [1.82, 2.24) is 14.8 Å². The van der Waals surface area contributed by atoms with Crippen LogP contribution in [0.15, 0.2) is 72.9 Å². The van der Waals surface area contributed by atoms with E-state index in [0.29, 0.717) is 16.5 Å². The second-order valence-corrected chi connectivity index (χ2v) is 7.28. The molecule has 0 amide bonds. The lowest BCUT2D eigenvalue weighted by atomic mass is 10.1. The molecule has 0 aliphatic heterocycles. The van der Waals surface area contributed by atoms with Gasteiger partial charge in [0.25, 0.3) is 0 Å². The van der Waals surface area contributed by atoms with E-state index in [1.54, 1.807) is 14.2 Å². The van der Waals surface area contributed by atoms with E-state index in [1.807, 2.05) is 71.5 Å². The SMILES string of the molecule is COc1ccc(-c2nn(-c3ccc(Cl)cc3)c3c2cnc2ccccc23)cc1OC. The predicted octanol–water partition coefficient (Wildman–Crippen LogP) is 5.91. The van der Waals surface area contributed by atoms with Crippen LogP contribution in [0.4, 0.5) is 0 Å². The smallest absolute Gasteiger partial charge is 0.161 e. The first-order chi connectivity index (χ1) is 14.7. The van der Waals surface area contributed by atoms with E-state index in [1.165, 1.54) is 0 Å². The molecule has 30 heavy (non-hydrogen) atoms. The van der Waals surface area contributed by atoms with Gasteiger partial charge in [-0.25, -0.2) is 4.68 Å². The van der Waals surface area contributed by atoms with E-state index in [-0.39, 0.29) is 0 Å². The molecule has 148 valence electrons. The number of fused-ring (bicyclic) bond motifs is 3.